The zero-order valence-electron chi connectivity index (χ0n) is 13.6. The van der Waals surface area contributed by atoms with E-state index in [0.717, 1.165) is 5.56 Å². The molecule has 0 radical (unpaired) electrons. The van der Waals surface area contributed by atoms with Crippen LogP contribution in [0.4, 0.5) is 5.69 Å². The van der Waals surface area contributed by atoms with Crippen LogP contribution < -0.4 is 4.90 Å². The maximum atomic E-state index is 12.2. The van der Waals surface area contributed by atoms with E-state index in [0.29, 0.717) is 29.2 Å². The number of aromatic nitrogens is 1. The molecular weight excluding hydrogens is 320 g/mol. The van der Waals surface area contributed by atoms with Gasteiger partial charge in [-0.1, -0.05) is 18.2 Å². The zero-order valence-corrected chi connectivity index (χ0v) is 13.6. The van der Waals surface area contributed by atoms with Gasteiger partial charge in [-0.3, -0.25) is 9.59 Å². The quantitative estimate of drug-likeness (QED) is 0.688. The highest BCUT2D eigenvalue weighted by atomic mass is 16.5. The first-order valence-electron chi connectivity index (χ1n) is 8.00. The Bertz CT molecular complexity index is 948. The van der Waals surface area contributed by atoms with Crippen LogP contribution in [0.15, 0.2) is 52.9 Å². The van der Waals surface area contributed by atoms with Gasteiger partial charge in [0, 0.05) is 24.2 Å². The molecule has 6 heteroatoms. The molecule has 0 unspecified atom stereocenters. The van der Waals surface area contributed by atoms with Crippen LogP contribution in [-0.2, 0) is 14.3 Å². The molecule has 2 aromatic carbocycles. The second kappa shape index (κ2) is 6.05. The lowest BCUT2D eigenvalue weighted by atomic mass is 10.1. The van der Waals surface area contributed by atoms with Crippen molar-refractivity contribution < 1.29 is 18.7 Å². The molecule has 1 atom stereocenters. The van der Waals surface area contributed by atoms with Crippen molar-refractivity contribution in [3.63, 3.8) is 0 Å². The van der Waals surface area contributed by atoms with E-state index in [1.165, 1.54) is 7.11 Å². The van der Waals surface area contributed by atoms with Gasteiger partial charge in [-0.25, -0.2) is 4.98 Å². The second-order valence-corrected chi connectivity index (χ2v) is 5.97. The molecule has 0 aliphatic carbocycles. The molecule has 0 spiro atoms. The van der Waals surface area contributed by atoms with Crippen LogP contribution in [-0.4, -0.2) is 30.5 Å². The third-order valence-electron chi connectivity index (χ3n) is 4.36. The molecule has 0 bridgehead atoms. The van der Waals surface area contributed by atoms with Crippen molar-refractivity contribution >= 4 is 28.7 Å². The summed E-state index contributed by atoms with van der Waals surface area (Å²) in [6.07, 6.45) is 0.165. The molecule has 0 saturated carbocycles. The van der Waals surface area contributed by atoms with Crippen LogP contribution >= 0.6 is 0 Å². The van der Waals surface area contributed by atoms with E-state index in [1.54, 1.807) is 17.0 Å². The summed E-state index contributed by atoms with van der Waals surface area (Å²) in [4.78, 5) is 30.0. The van der Waals surface area contributed by atoms with Crippen LogP contribution in [0.3, 0.4) is 0 Å². The van der Waals surface area contributed by atoms with E-state index in [1.807, 2.05) is 36.4 Å². The fourth-order valence-corrected chi connectivity index (χ4v) is 3.07. The number of hydrogen-bond donors (Lipinski definition) is 0. The SMILES string of the molecule is COC(=O)[C@H]1CC(=O)N(c2ccc3oc(-c4ccccc4)nc3c2)C1. The van der Waals surface area contributed by atoms with Crippen LogP contribution in [0, 0.1) is 5.92 Å². The molecule has 1 saturated heterocycles. The number of fused-ring (bicyclic) bond motifs is 1. The summed E-state index contributed by atoms with van der Waals surface area (Å²) in [5, 5.41) is 0. The number of ether oxygens (including phenoxy) is 1. The Morgan fingerprint density at radius 2 is 2.04 bits per heavy atom. The average Bonchev–Trinajstić information content (AvgIpc) is 3.24. The maximum absolute atomic E-state index is 12.2. The first-order chi connectivity index (χ1) is 12.2. The van der Waals surface area contributed by atoms with E-state index in [2.05, 4.69) is 4.98 Å². The van der Waals surface area contributed by atoms with Crippen molar-refractivity contribution in [1.82, 2.24) is 4.98 Å². The zero-order chi connectivity index (χ0) is 17.4. The number of nitrogens with zero attached hydrogens (tertiary/aromatic N) is 2. The topological polar surface area (TPSA) is 72.6 Å². The highest BCUT2D eigenvalue weighted by molar-refractivity contribution is 6.00. The number of rotatable bonds is 3. The molecule has 1 aromatic heterocycles. The van der Waals surface area contributed by atoms with Crippen molar-refractivity contribution in [2.24, 2.45) is 5.92 Å². The predicted molar refractivity (Wildman–Crippen MR) is 91.9 cm³/mol. The Morgan fingerprint density at radius 3 is 2.80 bits per heavy atom. The highest BCUT2D eigenvalue weighted by Gasteiger charge is 2.36. The van der Waals surface area contributed by atoms with E-state index in [4.69, 9.17) is 9.15 Å². The lowest BCUT2D eigenvalue weighted by Gasteiger charge is -2.16. The standard InChI is InChI=1S/C19H16N2O4/c1-24-19(23)13-9-17(22)21(11-13)14-7-8-16-15(10-14)20-18(25-16)12-5-3-2-4-6-12/h2-8,10,13H,9,11H2,1H3/t13-/m0/s1. The van der Waals surface area contributed by atoms with E-state index in [-0.39, 0.29) is 18.3 Å². The minimum atomic E-state index is -0.426. The third-order valence-corrected chi connectivity index (χ3v) is 4.36. The van der Waals surface area contributed by atoms with Crippen LogP contribution in [0.2, 0.25) is 0 Å². The molecule has 2 heterocycles. The molecule has 4 rings (SSSR count). The Labute approximate surface area is 144 Å². The van der Waals surface area contributed by atoms with Crippen LogP contribution in [0.1, 0.15) is 6.42 Å². The van der Waals surface area contributed by atoms with Gasteiger partial charge in [0.2, 0.25) is 11.8 Å². The van der Waals surface area contributed by atoms with Gasteiger partial charge in [0.25, 0.3) is 0 Å². The van der Waals surface area contributed by atoms with Crippen LogP contribution in [0.5, 0.6) is 0 Å². The van der Waals surface area contributed by atoms with Gasteiger partial charge in [0.15, 0.2) is 5.58 Å². The summed E-state index contributed by atoms with van der Waals surface area (Å²) in [6.45, 7) is 0.320. The molecule has 6 nitrogen and oxygen atoms in total. The average molecular weight is 336 g/mol. The monoisotopic (exact) mass is 336 g/mol. The lowest BCUT2D eigenvalue weighted by Crippen LogP contribution is -2.26. The van der Waals surface area contributed by atoms with Gasteiger partial charge < -0.3 is 14.1 Å². The van der Waals surface area contributed by atoms with Gasteiger partial charge in [0.1, 0.15) is 5.52 Å². The number of esters is 1. The van der Waals surface area contributed by atoms with Gasteiger partial charge in [-0.05, 0) is 30.3 Å². The van der Waals surface area contributed by atoms with Crippen molar-refractivity contribution in [3.8, 4) is 11.5 Å². The van der Waals surface area contributed by atoms with E-state index < -0.39 is 5.92 Å². The molecule has 126 valence electrons. The lowest BCUT2D eigenvalue weighted by molar-refractivity contribution is -0.145. The molecule has 1 fully saturated rings. The summed E-state index contributed by atoms with van der Waals surface area (Å²) >= 11 is 0. The number of amides is 1. The summed E-state index contributed by atoms with van der Waals surface area (Å²) in [5.74, 6) is -0.343. The Hall–Kier alpha value is -3.15. The first kappa shape index (κ1) is 15.4. The molecule has 25 heavy (non-hydrogen) atoms. The molecule has 1 aliphatic heterocycles. The van der Waals surface area contributed by atoms with Crippen molar-refractivity contribution in [1.29, 1.82) is 0 Å². The smallest absolute Gasteiger partial charge is 0.311 e. The highest BCUT2D eigenvalue weighted by Crippen LogP contribution is 2.30. The van der Waals surface area contributed by atoms with E-state index >= 15 is 0 Å². The van der Waals surface area contributed by atoms with Gasteiger partial charge in [-0.2, -0.15) is 0 Å². The minimum absolute atomic E-state index is 0.0958. The second-order valence-electron chi connectivity index (χ2n) is 5.97. The Kier molecular flexibility index (Phi) is 3.72. The van der Waals surface area contributed by atoms with E-state index in [9.17, 15) is 9.59 Å². The number of carbonyl (C=O) groups excluding carboxylic acids is 2. The first-order valence-corrected chi connectivity index (χ1v) is 8.00. The summed E-state index contributed by atoms with van der Waals surface area (Å²) in [5.41, 5.74) is 2.92. The number of benzene rings is 2. The molecule has 0 N–H and O–H groups in total. The number of anilines is 1. The number of methoxy groups -OCH3 is 1. The number of hydrogen-bond acceptors (Lipinski definition) is 5. The summed E-state index contributed by atoms with van der Waals surface area (Å²) in [6, 6.07) is 15.0. The number of oxazole rings is 1. The third kappa shape index (κ3) is 2.76. The van der Waals surface area contributed by atoms with Crippen molar-refractivity contribution in [2.75, 3.05) is 18.6 Å². The molecule has 3 aromatic rings. The normalized spacial score (nSPS) is 17.2. The van der Waals surface area contributed by atoms with Crippen molar-refractivity contribution in [3.05, 3.63) is 48.5 Å². The minimum Gasteiger partial charge on any atom is -0.469 e. The fourth-order valence-electron chi connectivity index (χ4n) is 3.07. The van der Waals surface area contributed by atoms with Gasteiger partial charge in [0.05, 0.1) is 13.0 Å². The maximum Gasteiger partial charge on any atom is 0.311 e. The summed E-state index contributed by atoms with van der Waals surface area (Å²) in [7, 11) is 1.34. The van der Waals surface area contributed by atoms with Crippen LogP contribution in [0.25, 0.3) is 22.6 Å². The fraction of sp³-hybridized carbons (Fsp3) is 0.211. The predicted octanol–water partition coefficient (Wildman–Crippen LogP) is 3.02. The number of carbonyl (C=O) groups is 2. The Morgan fingerprint density at radius 1 is 1.24 bits per heavy atom. The van der Waals surface area contributed by atoms with Gasteiger partial charge in [-0.15, -0.1) is 0 Å². The molecular formula is C19H16N2O4. The largest absolute Gasteiger partial charge is 0.469 e. The summed E-state index contributed by atoms with van der Waals surface area (Å²) < 4.78 is 10.5. The van der Waals surface area contributed by atoms with Gasteiger partial charge >= 0.3 is 5.97 Å². The molecule has 1 amide bonds. The Balaban J connectivity index is 1.66. The molecule has 1 aliphatic rings. The van der Waals surface area contributed by atoms with Crippen molar-refractivity contribution in [2.45, 2.75) is 6.42 Å².